The molecule has 1 aromatic rings. The van der Waals surface area contributed by atoms with Crippen molar-refractivity contribution in [2.45, 2.75) is 32.9 Å². The summed E-state index contributed by atoms with van der Waals surface area (Å²) in [5, 5.41) is 3.24. The summed E-state index contributed by atoms with van der Waals surface area (Å²) in [5.74, 6) is 0.218. The van der Waals surface area contributed by atoms with E-state index in [9.17, 15) is 4.39 Å². The van der Waals surface area contributed by atoms with Crippen LogP contribution in [-0.2, 0) is 0 Å². The van der Waals surface area contributed by atoms with E-state index in [-0.39, 0.29) is 11.9 Å². The molecule has 2 unspecified atom stereocenters. The molecular weight excluding hydrogens is 227 g/mol. The minimum absolute atomic E-state index is 0.0485. The molecule has 18 heavy (non-hydrogen) atoms. The molecule has 1 aromatic carbocycles. The first-order chi connectivity index (χ1) is 8.47. The highest BCUT2D eigenvalue weighted by Crippen LogP contribution is 2.24. The molecule has 0 amide bonds. The van der Waals surface area contributed by atoms with Gasteiger partial charge in [-0.3, -0.25) is 0 Å². The number of rotatable bonds is 6. The van der Waals surface area contributed by atoms with Crippen molar-refractivity contribution in [2.24, 2.45) is 5.92 Å². The van der Waals surface area contributed by atoms with Crippen LogP contribution in [0.5, 0.6) is 0 Å². The smallest absolute Gasteiger partial charge is 0.127 e. The topological polar surface area (TPSA) is 15.3 Å². The number of nitrogens with one attached hydrogen (secondary N) is 1. The molecular formula is C15H25FN2. The molecule has 0 radical (unpaired) electrons. The summed E-state index contributed by atoms with van der Waals surface area (Å²) in [6.07, 6.45) is 0. The van der Waals surface area contributed by atoms with Crippen molar-refractivity contribution in [2.75, 3.05) is 20.6 Å². The van der Waals surface area contributed by atoms with E-state index >= 15 is 0 Å². The van der Waals surface area contributed by atoms with Gasteiger partial charge in [-0.05, 0) is 39.9 Å². The Morgan fingerprint density at radius 2 is 1.83 bits per heavy atom. The summed E-state index contributed by atoms with van der Waals surface area (Å²) >= 11 is 0. The second-order valence-corrected chi connectivity index (χ2v) is 5.30. The highest BCUT2D eigenvalue weighted by molar-refractivity contribution is 5.21. The quantitative estimate of drug-likeness (QED) is 0.837. The van der Waals surface area contributed by atoms with Crippen molar-refractivity contribution >= 4 is 0 Å². The molecule has 0 aromatic heterocycles. The summed E-state index contributed by atoms with van der Waals surface area (Å²) in [5.41, 5.74) is 0.754. The molecule has 0 fully saturated rings. The average molecular weight is 252 g/mol. The molecule has 3 heteroatoms. The zero-order chi connectivity index (χ0) is 13.7. The lowest BCUT2D eigenvalue weighted by molar-refractivity contribution is 0.212. The van der Waals surface area contributed by atoms with Gasteiger partial charge in [0.2, 0.25) is 0 Å². The highest BCUT2D eigenvalue weighted by atomic mass is 19.1. The summed E-state index contributed by atoms with van der Waals surface area (Å²) in [6, 6.07) is 7.57. The van der Waals surface area contributed by atoms with Gasteiger partial charge in [0.1, 0.15) is 5.82 Å². The van der Waals surface area contributed by atoms with Gasteiger partial charge in [0, 0.05) is 24.2 Å². The Morgan fingerprint density at radius 3 is 2.33 bits per heavy atom. The first kappa shape index (κ1) is 15.1. The molecule has 0 saturated heterocycles. The predicted molar refractivity (Wildman–Crippen MR) is 75.1 cm³/mol. The monoisotopic (exact) mass is 252 g/mol. The van der Waals surface area contributed by atoms with Crippen LogP contribution in [0.2, 0.25) is 0 Å². The molecule has 1 N–H and O–H groups in total. The van der Waals surface area contributed by atoms with Crippen LogP contribution >= 0.6 is 0 Å². The van der Waals surface area contributed by atoms with Crippen molar-refractivity contribution in [3.8, 4) is 0 Å². The summed E-state index contributed by atoms with van der Waals surface area (Å²) in [4.78, 5) is 2.29. The van der Waals surface area contributed by atoms with E-state index in [1.807, 2.05) is 19.2 Å². The van der Waals surface area contributed by atoms with Crippen molar-refractivity contribution in [1.29, 1.82) is 0 Å². The van der Waals surface area contributed by atoms with Gasteiger partial charge in [0.05, 0.1) is 0 Å². The van der Waals surface area contributed by atoms with E-state index in [2.05, 4.69) is 38.0 Å². The molecule has 102 valence electrons. The molecule has 2 atom stereocenters. The Labute approximate surface area is 110 Å². The van der Waals surface area contributed by atoms with Crippen molar-refractivity contribution < 1.29 is 4.39 Å². The molecule has 2 nitrogen and oxygen atoms in total. The number of benzene rings is 1. The minimum Gasteiger partial charge on any atom is -0.313 e. The first-order valence-corrected chi connectivity index (χ1v) is 6.59. The van der Waals surface area contributed by atoms with E-state index in [0.29, 0.717) is 12.0 Å². The van der Waals surface area contributed by atoms with E-state index in [1.165, 1.54) is 6.07 Å². The highest BCUT2D eigenvalue weighted by Gasteiger charge is 2.22. The van der Waals surface area contributed by atoms with Gasteiger partial charge >= 0.3 is 0 Å². The Hall–Kier alpha value is -0.930. The molecule has 0 aliphatic rings. The number of halogens is 1. The lowest BCUT2D eigenvalue weighted by Gasteiger charge is -2.30. The average Bonchev–Trinajstić information content (AvgIpc) is 2.32. The fourth-order valence-corrected chi connectivity index (χ4v) is 2.24. The molecule has 0 aliphatic carbocycles. The summed E-state index contributed by atoms with van der Waals surface area (Å²) in [6.45, 7) is 7.44. The normalized spacial score (nSPS) is 15.1. The van der Waals surface area contributed by atoms with E-state index in [1.54, 1.807) is 6.07 Å². The van der Waals surface area contributed by atoms with Crippen molar-refractivity contribution in [3.63, 3.8) is 0 Å². The predicted octanol–water partition coefficient (Wildman–Crippen LogP) is 3.06. The second-order valence-electron chi connectivity index (χ2n) is 5.30. The van der Waals surface area contributed by atoms with Gasteiger partial charge in [-0.2, -0.15) is 0 Å². The van der Waals surface area contributed by atoms with Gasteiger partial charge in [-0.25, -0.2) is 4.39 Å². The Balaban J connectivity index is 2.81. The largest absolute Gasteiger partial charge is 0.313 e. The Bertz CT molecular complexity index is 365. The third-order valence-corrected chi connectivity index (χ3v) is 3.58. The van der Waals surface area contributed by atoms with Crippen molar-refractivity contribution in [1.82, 2.24) is 10.2 Å². The van der Waals surface area contributed by atoms with Gasteiger partial charge in [0.15, 0.2) is 0 Å². The number of nitrogens with zero attached hydrogens (tertiary/aromatic N) is 1. The second kappa shape index (κ2) is 6.86. The maximum atomic E-state index is 13.8. The minimum atomic E-state index is -0.129. The van der Waals surface area contributed by atoms with Crippen LogP contribution in [0.4, 0.5) is 4.39 Å². The molecule has 0 spiro atoms. The molecule has 0 aliphatic heterocycles. The van der Waals surface area contributed by atoms with Gasteiger partial charge < -0.3 is 10.2 Å². The maximum absolute atomic E-state index is 13.8. The Morgan fingerprint density at radius 1 is 1.22 bits per heavy atom. The van der Waals surface area contributed by atoms with Crippen molar-refractivity contribution in [3.05, 3.63) is 35.6 Å². The zero-order valence-corrected chi connectivity index (χ0v) is 12.1. The van der Waals surface area contributed by atoms with Gasteiger partial charge in [-0.1, -0.05) is 25.1 Å². The fourth-order valence-electron chi connectivity index (χ4n) is 2.24. The third kappa shape index (κ3) is 3.79. The lowest BCUT2D eigenvalue weighted by Crippen LogP contribution is -2.36. The van der Waals surface area contributed by atoms with Crippen LogP contribution in [0.1, 0.15) is 32.4 Å². The zero-order valence-electron chi connectivity index (χ0n) is 12.1. The standard InChI is InChI=1S/C15H25FN2/c1-11(2)18(5)10-12(3)15(17-4)13-8-6-7-9-14(13)16/h6-9,11-12,15,17H,10H2,1-5H3. The maximum Gasteiger partial charge on any atom is 0.127 e. The number of hydrogen-bond acceptors (Lipinski definition) is 2. The van der Waals surface area contributed by atoms with Crippen LogP contribution in [-0.4, -0.2) is 31.6 Å². The molecule has 0 saturated carbocycles. The van der Waals surface area contributed by atoms with Crippen LogP contribution in [0, 0.1) is 11.7 Å². The SMILES string of the molecule is CNC(c1ccccc1F)C(C)CN(C)C(C)C. The third-order valence-electron chi connectivity index (χ3n) is 3.58. The summed E-state index contributed by atoms with van der Waals surface area (Å²) < 4.78 is 13.8. The molecule has 1 rings (SSSR count). The lowest BCUT2D eigenvalue weighted by atomic mass is 9.93. The van der Waals surface area contributed by atoms with E-state index in [4.69, 9.17) is 0 Å². The van der Waals surface area contributed by atoms with Crippen LogP contribution in [0.15, 0.2) is 24.3 Å². The van der Waals surface area contributed by atoms with Gasteiger partial charge in [0.25, 0.3) is 0 Å². The molecule has 0 heterocycles. The van der Waals surface area contributed by atoms with Crippen LogP contribution < -0.4 is 5.32 Å². The first-order valence-electron chi connectivity index (χ1n) is 6.59. The van der Waals surface area contributed by atoms with Crippen LogP contribution in [0.25, 0.3) is 0 Å². The fraction of sp³-hybridized carbons (Fsp3) is 0.600. The van der Waals surface area contributed by atoms with E-state index in [0.717, 1.165) is 12.1 Å². The summed E-state index contributed by atoms with van der Waals surface area (Å²) in [7, 11) is 4.00. The van der Waals surface area contributed by atoms with Crippen LogP contribution in [0.3, 0.4) is 0 Å². The van der Waals surface area contributed by atoms with Gasteiger partial charge in [-0.15, -0.1) is 0 Å². The Kier molecular flexibility index (Phi) is 5.76. The molecule has 0 bridgehead atoms. The number of hydrogen-bond donors (Lipinski definition) is 1. The van der Waals surface area contributed by atoms with E-state index < -0.39 is 0 Å².